The second kappa shape index (κ2) is 7.85. The van der Waals surface area contributed by atoms with Crippen LogP contribution in [0.25, 0.3) is 0 Å². The van der Waals surface area contributed by atoms with Gasteiger partial charge in [-0.15, -0.1) is 0 Å². The van der Waals surface area contributed by atoms with E-state index in [0.717, 1.165) is 0 Å². The molecule has 0 atom stereocenters. The summed E-state index contributed by atoms with van der Waals surface area (Å²) in [4.78, 5) is 19.7. The summed E-state index contributed by atoms with van der Waals surface area (Å²) in [5.41, 5.74) is -3.43. The molecule has 0 aliphatic carbocycles. The predicted molar refractivity (Wildman–Crippen MR) is 93.5 cm³/mol. The lowest BCUT2D eigenvalue weighted by Crippen LogP contribution is -2.49. The Hall–Kier alpha value is -3.29. The number of pyridine rings is 1. The van der Waals surface area contributed by atoms with Gasteiger partial charge in [-0.05, 0) is 30.3 Å². The van der Waals surface area contributed by atoms with Crippen LogP contribution in [0.1, 0.15) is 27.0 Å². The first-order valence-electron chi connectivity index (χ1n) is 8.69. The molecular formula is C19H14F6N4O. The second-order valence-corrected chi connectivity index (χ2v) is 6.56. The molecule has 0 unspecified atom stereocenters. The van der Waals surface area contributed by atoms with Crippen LogP contribution in [0.3, 0.4) is 0 Å². The molecule has 0 spiro atoms. The van der Waals surface area contributed by atoms with Crippen LogP contribution in [0.2, 0.25) is 0 Å². The number of rotatable bonds is 2. The molecule has 1 fully saturated rings. The molecule has 3 rings (SSSR count). The summed E-state index contributed by atoms with van der Waals surface area (Å²) in [6.45, 7) is 0.556. The third kappa shape index (κ3) is 4.48. The predicted octanol–water partition coefficient (Wildman–Crippen LogP) is 3.95. The highest BCUT2D eigenvalue weighted by Gasteiger charge is 2.38. The maximum absolute atomic E-state index is 13.0. The van der Waals surface area contributed by atoms with Crippen molar-refractivity contribution in [2.45, 2.75) is 12.4 Å². The van der Waals surface area contributed by atoms with E-state index < -0.39 is 35.0 Å². The van der Waals surface area contributed by atoms with Gasteiger partial charge in [-0.1, -0.05) is 0 Å². The molecule has 30 heavy (non-hydrogen) atoms. The van der Waals surface area contributed by atoms with Crippen LogP contribution in [-0.4, -0.2) is 42.0 Å². The zero-order valence-corrected chi connectivity index (χ0v) is 15.3. The molecule has 1 aliphatic heterocycles. The number of alkyl halides is 6. The maximum atomic E-state index is 13.0. The summed E-state index contributed by atoms with van der Waals surface area (Å²) in [7, 11) is 0. The standard InChI is InChI=1S/C19H14F6N4O/c20-18(21,22)14-8-13(9-15(10-14)19(23,24)25)17(30)29-6-4-28(5-7-29)16-12(11-26)2-1-3-27-16/h1-3,8-10H,4-7H2. The quantitative estimate of drug-likeness (QED) is 0.680. The number of benzene rings is 1. The van der Waals surface area contributed by atoms with Crippen LogP contribution in [0.5, 0.6) is 0 Å². The third-order valence-electron chi connectivity index (χ3n) is 4.61. The molecule has 1 amide bonds. The number of piperazine rings is 1. The molecule has 1 saturated heterocycles. The zero-order valence-electron chi connectivity index (χ0n) is 15.3. The van der Waals surface area contributed by atoms with Gasteiger partial charge >= 0.3 is 12.4 Å². The molecule has 1 aromatic carbocycles. The fraction of sp³-hybridized carbons (Fsp3) is 0.316. The van der Waals surface area contributed by atoms with E-state index >= 15 is 0 Å². The molecule has 0 N–H and O–H groups in total. The van der Waals surface area contributed by atoms with Gasteiger partial charge in [-0.3, -0.25) is 4.79 Å². The molecule has 2 aromatic rings. The summed E-state index contributed by atoms with van der Waals surface area (Å²) in [6.07, 6.45) is -8.56. The number of nitriles is 1. The number of carbonyl (C=O) groups excluding carboxylic acids is 1. The molecule has 2 heterocycles. The number of nitrogens with zero attached hydrogens (tertiary/aromatic N) is 4. The Labute approximate surface area is 167 Å². The van der Waals surface area contributed by atoms with E-state index in [9.17, 15) is 31.1 Å². The Morgan fingerprint density at radius 2 is 1.53 bits per heavy atom. The van der Waals surface area contributed by atoms with E-state index in [0.29, 0.717) is 23.5 Å². The van der Waals surface area contributed by atoms with Gasteiger partial charge in [0, 0.05) is 37.9 Å². The Morgan fingerprint density at radius 1 is 0.967 bits per heavy atom. The zero-order chi connectivity index (χ0) is 22.1. The fourth-order valence-corrected chi connectivity index (χ4v) is 3.12. The average Bonchev–Trinajstić information content (AvgIpc) is 2.71. The second-order valence-electron chi connectivity index (χ2n) is 6.56. The van der Waals surface area contributed by atoms with Crippen LogP contribution in [-0.2, 0) is 12.4 Å². The minimum Gasteiger partial charge on any atom is -0.352 e. The first kappa shape index (κ1) is 21.4. The van der Waals surface area contributed by atoms with Gasteiger partial charge in [-0.2, -0.15) is 31.6 Å². The lowest BCUT2D eigenvalue weighted by atomic mass is 10.0. The van der Waals surface area contributed by atoms with Crippen LogP contribution in [0, 0.1) is 11.3 Å². The van der Waals surface area contributed by atoms with Crippen molar-refractivity contribution in [3.8, 4) is 6.07 Å². The van der Waals surface area contributed by atoms with Gasteiger partial charge < -0.3 is 9.80 Å². The van der Waals surface area contributed by atoms with Crippen molar-refractivity contribution in [2.24, 2.45) is 0 Å². The van der Waals surface area contributed by atoms with Crippen molar-refractivity contribution < 1.29 is 31.1 Å². The molecule has 158 valence electrons. The van der Waals surface area contributed by atoms with E-state index in [1.807, 2.05) is 6.07 Å². The normalized spacial score (nSPS) is 15.1. The lowest BCUT2D eigenvalue weighted by Gasteiger charge is -2.35. The highest BCUT2D eigenvalue weighted by Crippen LogP contribution is 2.36. The van der Waals surface area contributed by atoms with Gasteiger partial charge in [0.25, 0.3) is 5.91 Å². The topological polar surface area (TPSA) is 60.2 Å². The van der Waals surface area contributed by atoms with Crippen LogP contribution < -0.4 is 4.90 Å². The first-order chi connectivity index (χ1) is 14.0. The maximum Gasteiger partial charge on any atom is 0.416 e. The summed E-state index contributed by atoms with van der Waals surface area (Å²) in [5.74, 6) is -0.515. The van der Waals surface area contributed by atoms with Crippen molar-refractivity contribution in [1.29, 1.82) is 5.26 Å². The summed E-state index contributed by atoms with van der Waals surface area (Å²) < 4.78 is 78.1. The number of carbonyl (C=O) groups is 1. The van der Waals surface area contributed by atoms with Crippen LogP contribution in [0.4, 0.5) is 32.2 Å². The number of halogens is 6. The molecule has 0 bridgehead atoms. The van der Waals surface area contributed by atoms with Crippen LogP contribution in [0.15, 0.2) is 36.5 Å². The van der Waals surface area contributed by atoms with Gasteiger partial charge in [0.15, 0.2) is 0 Å². The Morgan fingerprint density at radius 3 is 2.03 bits per heavy atom. The van der Waals surface area contributed by atoms with Crippen molar-refractivity contribution in [3.05, 3.63) is 58.8 Å². The van der Waals surface area contributed by atoms with Gasteiger partial charge in [0.1, 0.15) is 11.9 Å². The highest BCUT2D eigenvalue weighted by molar-refractivity contribution is 5.95. The molecule has 0 saturated carbocycles. The van der Waals surface area contributed by atoms with Gasteiger partial charge in [0.05, 0.1) is 16.7 Å². The number of amides is 1. The Kier molecular flexibility index (Phi) is 5.61. The molecule has 1 aromatic heterocycles. The lowest BCUT2D eigenvalue weighted by molar-refractivity contribution is -0.143. The van der Waals surface area contributed by atoms with E-state index in [4.69, 9.17) is 5.26 Å². The van der Waals surface area contributed by atoms with E-state index in [1.54, 1.807) is 17.0 Å². The molecule has 0 radical (unpaired) electrons. The number of hydrogen-bond donors (Lipinski definition) is 0. The molecule has 11 heteroatoms. The molecule has 5 nitrogen and oxygen atoms in total. The van der Waals surface area contributed by atoms with Crippen LogP contribution >= 0.6 is 0 Å². The number of hydrogen-bond acceptors (Lipinski definition) is 4. The summed E-state index contributed by atoms with van der Waals surface area (Å²) in [6, 6.07) is 6.00. The van der Waals surface area contributed by atoms with Crippen molar-refractivity contribution in [2.75, 3.05) is 31.1 Å². The minimum absolute atomic E-state index is 0.0147. The Bertz CT molecular complexity index is 955. The largest absolute Gasteiger partial charge is 0.416 e. The number of aromatic nitrogens is 1. The summed E-state index contributed by atoms with van der Waals surface area (Å²) in [5, 5.41) is 9.16. The van der Waals surface area contributed by atoms with E-state index in [2.05, 4.69) is 4.98 Å². The average molecular weight is 428 g/mol. The van der Waals surface area contributed by atoms with Gasteiger partial charge in [-0.25, -0.2) is 4.98 Å². The van der Waals surface area contributed by atoms with Gasteiger partial charge in [0.2, 0.25) is 0 Å². The summed E-state index contributed by atoms with van der Waals surface area (Å²) >= 11 is 0. The smallest absolute Gasteiger partial charge is 0.352 e. The van der Waals surface area contributed by atoms with Crippen molar-refractivity contribution >= 4 is 11.7 Å². The Balaban J connectivity index is 1.82. The molecular weight excluding hydrogens is 414 g/mol. The number of anilines is 1. The fourth-order valence-electron chi connectivity index (χ4n) is 3.12. The van der Waals surface area contributed by atoms with Crippen molar-refractivity contribution in [1.82, 2.24) is 9.88 Å². The van der Waals surface area contributed by atoms with E-state index in [1.165, 1.54) is 11.1 Å². The minimum atomic E-state index is -5.03. The molecule has 1 aliphatic rings. The SMILES string of the molecule is N#Cc1cccnc1N1CCN(C(=O)c2cc(C(F)(F)F)cc(C(F)(F)F)c2)CC1. The van der Waals surface area contributed by atoms with E-state index in [-0.39, 0.29) is 32.2 Å². The third-order valence-corrected chi connectivity index (χ3v) is 4.61. The highest BCUT2D eigenvalue weighted by atomic mass is 19.4. The van der Waals surface area contributed by atoms with Crippen molar-refractivity contribution in [3.63, 3.8) is 0 Å². The monoisotopic (exact) mass is 428 g/mol. The first-order valence-corrected chi connectivity index (χ1v) is 8.69.